The van der Waals surface area contributed by atoms with E-state index in [2.05, 4.69) is 9.72 Å². The summed E-state index contributed by atoms with van der Waals surface area (Å²) in [6.45, 7) is 0. The average molecular weight is 347 g/mol. The Bertz CT molecular complexity index is 764. The van der Waals surface area contributed by atoms with Gasteiger partial charge in [0.1, 0.15) is 5.15 Å². The number of fused-ring (bicyclic) bond motifs is 1. The molecule has 23 heavy (non-hydrogen) atoms. The second-order valence-electron chi connectivity index (χ2n) is 5.60. The Balaban J connectivity index is 2.26. The van der Waals surface area contributed by atoms with Crippen LogP contribution in [-0.4, -0.2) is 22.5 Å². The number of halogens is 4. The molecule has 0 amide bonds. The molecule has 4 nitrogen and oxygen atoms in total. The number of carbonyl (C=O) groups is 1. The van der Waals surface area contributed by atoms with Crippen LogP contribution in [-0.2, 0) is 10.9 Å². The van der Waals surface area contributed by atoms with E-state index in [1.165, 1.54) is 0 Å². The van der Waals surface area contributed by atoms with Crippen LogP contribution in [0.25, 0.3) is 5.65 Å². The molecular formula is C15H14ClF3N2O2. The Morgan fingerprint density at radius 1 is 1.39 bits per heavy atom. The fourth-order valence-corrected chi connectivity index (χ4v) is 3.30. The maximum Gasteiger partial charge on any atom is 0.419 e. The molecule has 0 saturated heterocycles. The van der Waals surface area contributed by atoms with E-state index in [9.17, 15) is 18.0 Å². The molecule has 2 heterocycles. The predicted molar refractivity (Wildman–Crippen MR) is 77.8 cm³/mol. The molecule has 3 rings (SSSR count). The smallest absolute Gasteiger partial charge is 0.419 e. The van der Waals surface area contributed by atoms with Crippen molar-refractivity contribution in [1.29, 1.82) is 0 Å². The van der Waals surface area contributed by atoms with Gasteiger partial charge in [-0.25, -0.2) is 9.78 Å². The number of carbonyl (C=O) groups excluding carboxylic acids is 1. The van der Waals surface area contributed by atoms with E-state index >= 15 is 0 Å². The van der Waals surface area contributed by atoms with Gasteiger partial charge in [-0.15, -0.1) is 0 Å². The van der Waals surface area contributed by atoms with Crippen molar-refractivity contribution in [2.45, 2.75) is 37.8 Å². The lowest BCUT2D eigenvalue weighted by Crippen LogP contribution is -2.10. The Labute approximate surface area is 135 Å². The molecule has 2 aromatic rings. The number of esters is 1. The minimum absolute atomic E-state index is 0.0699. The standard InChI is InChI=1S/C15H14ClF3N2O2/c1-23-14(22)11-12(16)21-7-9(8-4-2-3-5-8)6-10(13(21)20-11)15(17,18)19/h6-8H,2-5H2,1H3. The second-order valence-corrected chi connectivity index (χ2v) is 5.96. The normalized spacial score (nSPS) is 16.2. The van der Waals surface area contributed by atoms with Gasteiger partial charge < -0.3 is 4.74 Å². The predicted octanol–water partition coefficient (Wildman–Crippen LogP) is 4.45. The van der Waals surface area contributed by atoms with Crippen LogP contribution in [0.2, 0.25) is 5.15 Å². The van der Waals surface area contributed by atoms with Crippen LogP contribution in [0, 0.1) is 0 Å². The molecule has 124 valence electrons. The van der Waals surface area contributed by atoms with E-state index in [1.54, 1.807) is 6.20 Å². The van der Waals surface area contributed by atoms with Crippen LogP contribution in [0.4, 0.5) is 13.2 Å². The fraction of sp³-hybridized carbons (Fsp3) is 0.467. The van der Waals surface area contributed by atoms with Crippen molar-refractivity contribution in [2.75, 3.05) is 7.11 Å². The Kier molecular flexibility index (Phi) is 4.00. The van der Waals surface area contributed by atoms with Crippen LogP contribution in [0.3, 0.4) is 0 Å². The second kappa shape index (κ2) is 5.70. The number of nitrogens with zero attached hydrogens (tertiary/aromatic N) is 2. The highest BCUT2D eigenvalue weighted by molar-refractivity contribution is 6.32. The lowest BCUT2D eigenvalue weighted by atomic mass is 9.98. The Morgan fingerprint density at radius 2 is 2.04 bits per heavy atom. The van der Waals surface area contributed by atoms with Gasteiger partial charge in [0.15, 0.2) is 11.3 Å². The molecule has 0 unspecified atom stereocenters. The monoisotopic (exact) mass is 346 g/mol. The molecule has 2 aromatic heterocycles. The van der Waals surface area contributed by atoms with Crippen LogP contribution < -0.4 is 0 Å². The molecule has 1 aliphatic rings. The quantitative estimate of drug-likeness (QED) is 0.754. The first-order valence-corrected chi connectivity index (χ1v) is 7.57. The van der Waals surface area contributed by atoms with Crippen molar-refractivity contribution >= 4 is 23.2 Å². The molecule has 0 bridgehead atoms. The third-order valence-electron chi connectivity index (χ3n) is 4.19. The van der Waals surface area contributed by atoms with Crippen molar-refractivity contribution in [3.05, 3.63) is 34.2 Å². The highest BCUT2D eigenvalue weighted by Gasteiger charge is 2.36. The van der Waals surface area contributed by atoms with E-state index in [-0.39, 0.29) is 22.4 Å². The van der Waals surface area contributed by atoms with Gasteiger partial charge in [0.05, 0.1) is 12.7 Å². The van der Waals surface area contributed by atoms with Gasteiger partial charge >= 0.3 is 12.1 Å². The summed E-state index contributed by atoms with van der Waals surface area (Å²) in [5.41, 5.74) is -1.02. The Hall–Kier alpha value is -1.76. The maximum atomic E-state index is 13.4. The van der Waals surface area contributed by atoms with E-state index in [0.29, 0.717) is 5.56 Å². The third-order valence-corrected chi connectivity index (χ3v) is 4.55. The summed E-state index contributed by atoms with van der Waals surface area (Å²) in [6.07, 6.45) is 0.641. The fourth-order valence-electron chi connectivity index (χ4n) is 3.06. The molecular weight excluding hydrogens is 333 g/mol. The number of rotatable bonds is 2. The molecule has 0 atom stereocenters. The molecule has 0 radical (unpaired) electrons. The molecule has 1 fully saturated rings. The van der Waals surface area contributed by atoms with Gasteiger partial charge in [0, 0.05) is 6.20 Å². The van der Waals surface area contributed by atoms with Gasteiger partial charge in [0.2, 0.25) is 0 Å². The van der Waals surface area contributed by atoms with Crippen molar-refractivity contribution in [3.8, 4) is 0 Å². The summed E-state index contributed by atoms with van der Waals surface area (Å²) >= 11 is 6.06. The molecule has 0 aromatic carbocycles. The summed E-state index contributed by atoms with van der Waals surface area (Å²) in [5, 5.41) is -0.169. The van der Waals surface area contributed by atoms with E-state index in [4.69, 9.17) is 11.6 Å². The van der Waals surface area contributed by atoms with Crippen LogP contribution in [0.1, 0.15) is 53.2 Å². The molecule has 1 aliphatic carbocycles. The summed E-state index contributed by atoms with van der Waals surface area (Å²) in [5.74, 6) is -0.796. The largest absolute Gasteiger partial charge is 0.464 e. The van der Waals surface area contributed by atoms with E-state index < -0.39 is 17.7 Å². The van der Waals surface area contributed by atoms with Gasteiger partial charge in [-0.05, 0) is 30.4 Å². The molecule has 8 heteroatoms. The number of aromatic nitrogens is 2. The SMILES string of the molecule is COC(=O)c1nc2c(C(F)(F)F)cc(C3CCCC3)cn2c1Cl. The molecule has 1 saturated carbocycles. The van der Waals surface area contributed by atoms with Gasteiger partial charge in [0.25, 0.3) is 0 Å². The summed E-state index contributed by atoms with van der Waals surface area (Å²) in [7, 11) is 1.12. The topological polar surface area (TPSA) is 43.6 Å². The van der Waals surface area contributed by atoms with Crippen molar-refractivity contribution in [3.63, 3.8) is 0 Å². The number of hydrogen-bond acceptors (Lipinski definition) is 3. The third kappa shape index (κ3) is 2.78. The summed E-state index contributed by atoms with van der Waals surface area (Å²) in [4.78, 5) is 15.4. The zero-order valence-electron chi connectivity index (χ0n) is 12.3. The lowest BCUT2D eigenvalue weighted by molar-refractivity contribution is -0.136. The van der Waals surface area contributed by atoms with Crippen LogP contribution in [0.5, 0.6) is 0 Å². The van der Waals surface area contributed by atoms with E-state index in [1.807, 2.05) is 0 Å². The van der Waals surface area contributed by atoms with Crippen molar-refractivity contribution in [2.24, 2.45) is 0 Å². The summed E-state index contributed by atoms with van der Waals surface area (Å²) in [6, 6.07) is 1.12. The zero-order chi connectivity index (χ0) is 16.8. The first-order chi connectivity index (χ1) is 10.8. The first kappa shape index (κ1) is 16.1. The highest BCUT2D eigenvalue weighted by Crippen LogP contribution is 2.39. The molecule has 0 spiro atoms. The van der Waals surface area contributed by atoms with Crippen molar-refractivity contribution < 1.29 is 22.7 Å². The Morgan fingerprint density at radius 3 is 2.61 bits per heavy atom. The number of ether oxygens (including phenoxy) is 1. The number of imidazole rings is 1. The average Bonchev–Trinajstić information content (AvgIpc) is 3.13. The van der Waals surface area contributed by atoms with Crippen LogP contribution >= 0.6 is 11.6 Å². The number of pyridine rings is 1. The number of hydrogen-bond donors (Lipinski definition) is 0. The minimum Gasteiger partial charge on any atom is -0.464 e. The van der Waals surface area contributed by atoms with Crippen molar-refractivity contribution in [1.82, 2.24) is 9.38 Å². The van der Waals surface area contributed by atoms with Gasteiger partial charge in [-0.3, -0.25) is 4.40 Å². The molecule has 0 aliphatic heterocycles. The first-order valence-electron chi connectivity index (χ1n) is 7.20. The highest BCUT2D eigenvalue weighted by atomic mass is 35.5. The van der Waals surface area contributed by atoms with Gasteiger partial charge in [-0.1, -0.05) is 24.4 Å². The zero-order valence-corrected chi connectivity index (χ0v) is 13.0. The van der Waals surface area contributed by atoms with Gasteiger partial charge in [-0.2, -0.15) is 13.2 Å². The summed E-state index contributed by atoms with van der Waals surface area (Å²) < 4.78 is 45.8. The van der Waals surface area contributed by atoms with Crippen LogP contribution in [0.15, 0.2) is 12.3 Å². The minimum atomic E-state index is -4.59. The molecule has 0 N–H and O–H groups in total. The lowest BCUT2D eigenvalue weighted by Gasteiger charge is -2.15. The number of alkyl halides is 3. The van der Waals surface area contributed by atoms with E-state index in [0.717, 1.165) is 43.3 Å². The maximum absolute atomic E-state index is 13.4. The number of methoxy groups -OCH3 is 1.